The normalized spacial score (nSPS) is 14.3. The number of benzene rings is 1. The molecule has 0 aromatic heterocycles. The van der Waals surface area contributed by atoms with Crippen LogP contribution in [-0.2, 0) is 28.8 Å². The summed E-state index contributed by atoms with van der Waals surface area (Å²) in [5, 5.41) is 0. The maximum atomic E-state index is 6.72. The van der Waals surface area contributed by atoms with Gasteiger partial charge in [0.15, 0.2) is 16.6 Å². The van der Waals surface area contributed by atoms with E-state index in [1.807, 2.05) is 0 Å². The van der Waals surface area contributed by atoms with Gasteiger partial charge in [0.2, 0.25) is 0 Å². The molecule has 0 saturated heterocycles. The van der Waals surface area contributed by atoms with Gasteiger partial charge < -0.3 is 16.5 Å². The summed E-state index contributed by atoms with van der Waals surface area (Å²) in [6.45, 7) is 24.0. The Kier molecular flexibility index (Phi) is 10.0. The molecule has 0 aliphatic rings. The van der Waals surface area contributed by atoms with E-state index in [9.17, 15) is 0 Å². The minimum Gasteiger partial charge on any atom is -0.437 e. The monoisotopic (exact) mass is 522 g/mol. The molecule has 0 fully saturated rings. The molecule has 0 radical (unpaired) electrons. The largest absolute Gasteiger partial charge is 0.437 e. The van der Waals surface area contributed by atoms with Gasteiger partial charge in [-0.05, 0) is 95.6 Å². The minimum absolute atomic E-state index is 0.561. The fourth-order valence-corrected chi connectivity index (χ4v) is 27.7. The molecule has 1 aromatic carbocycles. The van der Waals surface area contributed by atoms with Gasteiger partial charge in [-0.3, -0.25) is 0 Å². The molecule has 0 atom stereocenters. The van der Waals surface area contributed by atoms with Crippen LogP contribution in [0.2, 0.25) is 78.1 Å². The molecule has 1 aromatic rings. The van der Waals surface area contributed by atoms with Crippen LogP contribution >= 0.6 is 11.6 Å². The van der Waals surface area contributed by atoms with Gasteiger partial charge in [-0.15, -0.1) is 11.6 Å². The summed E-state index contributed by atoms with van der Waals surface area (Å²) in [4.78, 5) is 0. The molecule has 0 heterocycles. The van der Waals surface area contributed by atoms with Crippen molar-refractivity contribution in [3.05, 3.63) is 35.4 Å². The third-order valence-corrected chi connectivity index (χ3v) is 22.5. The maximum Gasteiger partial charge on any atom is 0.314 e. The number of hydrogen-bond donors (Lipinski definition) is 0. The second-order valence-corrected chi connectivity index (χ2v) is 31.1. The first-order chi connectivity index (χ1) is 13.3. The van der Waals surface area contributed by atoms with E-state index >= 15 is 0 Å². The quantitative estimate of drug-likeness (QED) is 0.215. The van der Waals surface area contributed by atoms with Crippen LogP contribution in [0, 0.1) is 0 Å². The van der Waals surface area contributed by atoms with Crippen LogP contribution in [0.15, 0.2) is 24.3 Å². The van der Waals surface area contributed by atoms with Crippen LogP contribution in [-0.4, -0.2) is 42.3 Å². The first-order valence-corrected chi connectivity index (χ1v) is 26.3. The Hall–Kier alpha value is 0.434. The van der Waals surface area contributed by atoms with Gasteiger partial charge in [-0.2, -0.15) is 0 Å². The van der Waals surface area contributed by atoms with Crippen LogP contribution in [0.5, 0.6) is 0 Å². The first kappa shape index (κ1) is 28.5. The van der Waals surface area contributed by atoms with Gasteiger partial charge >= 0.3 is 25.7 Å². The molecule has 0 aliphatic heterocycles. The zero-order chi connectivity index (χ0) is 23.4. The lowest BCUT2D eigenvalue weighted by molar-refractivity contribution is 0.299. The molecule has 0 bridgehead atoms. The summed E-state index contributed by atoms with van der Waals surface area (Å²) >= 11 is 5.89. The first-order valence-electron chi connectivity index (χ1n) is 10.8. The van der Waals surface area contributed by atoms with Crippen molar-refractivity contribution in [1.29, 1.82) is 0 Å². The van der Waals surface area contributed by atoms with Crippen molar-refractivity contribution in [1.82, 2.24) is 0 Å². The molecular weight excluding hydrogens is 480 g/mol. The Balaban J connectivity index is 2.69. The third kappa shape index (κ3) is 11.9. The van der Waals surface area contributed by atoms with Gasteiger partial charge in [-0.1, -0.05) is 24.3 Å². The molecule has 0 amide bonds. The molecule has 1 rings (SSSR count). The predicted molar refractivity (Wildman–Crippen MR) is 142 cm³/mol. The van der Waals surface area contributed by atoms with Gasteiger partial charge in [0.25, 0.3) is 0 Å². The van der Waals surface area contributed by atoms with Crippen LogP contribution < -0.4 is 0 Å². The molecule has 0 aliphatic carbocycles. The summed E-state index contributed by atoms with van der Waals surface area (Å²) < 4.78 is 26.2. The highest BCUT2D eigenvalue weighted by molar-refractivity contribution is 6.90. The Labute approximate surface area is 195 Å². The second kappa shape index (κ2) is 10.6. The Morgan fingerprint density at radius 3 is 1.43 bits per heavy atom. The van der Waals surface area contributed by atoms with Crippen molar-refractivity contribution in [2.45, 2.75) is 90.4 Å². The van der Waals surface area contributed by atoms with Gasteiger partial charge in [0.1, 0.15) is 0 Å². The Bertz CT molecular complexity index is 673. The van der Waals surface area contributed by atoms with Crippen molar-refractivity contribution in [2.75, 3.05) is 0 Å². The van der Waals surface area contributed by atoms with E-state index in [1.165, 1.54) is 5.56 Å². The zero-order valence-electron chi connectivity index (χ0n) is 20.9. The minimum atomic E-state index is -2.37. The van der Waals surface area contributed by atoms with Crippen LogP contribution in [0.3, 0.4) is 0 Å². The van der Waals surface area contributed by atoms with E-state index in [0.29, 0.717) is 5.88 Å². The van der Waals surface area contributed by atoms with Gasteiger partial charge in [-0.25, -0.2) is 0 Å². The molecule has 4 nitrogen and oxygen atoms in total. The van der Waals surface area contributed by atoms with E-state index < -0.39 is 42.3 Å². The highest BCUT2D eigenvalue weighted by atomic mass is 35.5. The van der Waals surface area contributed by atoms with E-state index in [1.54, 1.807) is 0 Å². The molecule has 0 spiro atoms. The molecule has 174 valence electrons. The number of halogens is 1. The Morgan fingerprint density at radius 1 is 0.600 bits per heavy atom. The van der Waals surface area contributed by atoms with E-state index in [4.69, 9.17) is 28.1 Å². The molecule has 0 N–H and O–H groups in total. The predicted octanol–water partition coefficient (Wildman–Crippen LogP) is 7.18. The second-order valence-electron chi connectivity index (χ2n) is 10.9. The fraction of sp³-hybridized carbons (Fsp3) is 0.700. The lowest BCUT2D eigenvalue weighted by atomic mass is 10.1. The van der Waals surface area contributed by atoms with Gasteiger partial charge in [0, 0.05) is 5.88 Å². The highest BCUT2D eigenvalue weighted by Crippen LogP contribution is 2.27. The van der Waals surface area contributed by atoms with E-state index in [2.05, 4.69) is 96.3 Å². The fourth-order valence-electron chi connectivity index (χ4n) is 3.94. The van der Waals surface area contributed by atoms with Crippen molar-refractivity contribution in [3.63, 3.8) is 0 Å². The summed E-state index contributed by atoms with van der Waals surface area (Å²) in [6, 6.07) is 9.64. The lowest BCUT2D eigenvalue weighted by Crippen LogP contribution is -2.58. The summed E-state index contributed by atoms with van der Waals surface area (Å²) in [5.41, 5.74) is 2.50. The topological polar surface area (TPSA) is 36.9 Å². The molecule has 0 saturated carbocycles. The Morgan fingerprint density at radius 2 is 1.00 bits per heavy atom. The standard InChI is InChI=1S/C20H43ClO4Si5/c1-26(2,3)22-28(6,7)24-30(10,11)25-29(8,9)23-27(4,5)17-16-19-12-14-20(18-21)15-13-19/h12-15H,16-18H2,1-11H3. The zero-order valence-corrected chi connectivity index (χ0v) is 26.7. The van der Waals surface area contributed by atoms with Gasteiger partial charge in [0.05, 0.1) is 0 Å². The van der Waals surface area contributed by atoms with Crippen molar-refractivity contribution in [3.8, 4) is 0 Å². The van der Waals surface area contributed by atoms with Crippen molar-refractivity contribution in [2.24, 2.45) is 0 Å². The van der Waals surface area contributed by atoms with E-state index in [0.717, 1.165) is 18.0 Å². The summed E-state index contributed by atoms with van der Waals surface area (Å²) in [6.07, 6.45) is 1.02. The highest BCUT2D eigenvalue weighted by Gasteiger charge is 2.45. The van der Waals surface area contributed by atoms with Crippen molar-refractivity contribution >= 4 is 53.9 Å². The molecule has 0 unspecified atom stereocenters. The maximum absolute atomic E-state index is 6.72. The molecule has 10 heteroatoms. The average molecular weight is 523 g/mol. The SMILES string of the molecule is C[Si](C)(C)O[Si](C)(C)O[Si](C)(C)O[Si](C)(C)O[Si](C)(C)CCc1ccc(CCl)cc1. The number of aryl methyl sites for hydroxylation is 1. The van der Waals surface area contributed by atoms with Crippen LogP contribution in [0.25, 0.3) is 0 Å². The average Bonchev–Trinajstić information content (AvgIpc) is 2.47. The van der Waals surface area contributed by atoms with Crippen molar-refractivity contribution < 1.29 is 16.5 Å². The smallest absolute Gasteiger partial charge is 0.314 e. The van der Waals surface area contributed by atoms with Crippen LogP contribution in [0.1, 0.15) is 11.1 Å². The summed E-state index contributed by atoms with van der Waals surface area (Å²) in [7, 11) is -10.5. The molecule has 30 heavy (non-hydrogen) atoms. The van der Waals surface area contributed by atoms with Crippen LogP contribution in [0.4, 0.5) is 0 Å². The number of alkyl halides is 1. The summed E-state index contributed by atoms with van der Waals surface area (Å²) in [5.74, 6) is 0.561. The lowest BCUT2D eigenvalue weighted by Gasteiger charge is -2.42. The van der Waals surface area contributed by atoms with E-state index in [-0.39, 0.29) is 0 Å². The third-order valence-electron chi connectivity index (χ3n) is 4.25. The molecular formula is C20H43ClO4Si5. The number of rotatable bonds is 12. The number of hydrogen-bond acceptors (Lipinski definition) is 4.